The van der Waals surface area contributed by atoms with Crippen LogP contribution < -0.4 is 0 Å². The van der Waals surface area contributed by atoms with Crippen LogP contribution in [0.1, 0.15) is 45.4 Å². The van der Waals surface area contributed by atoms with Gasteiger partial charge in [0.25, 0.3) is 0 Å². The zero-order chi connectivity index (χ0) is 11.9. The number of carbonyl (C=O) groups is 1. The lowest BCUT2D eigenvalue weighted by Crippen LogP contribution is -2.14. The maximum absolute atomic E-state index is 11.8. The minimum atomic E-state index is -4.12. The molecule has 0 fully saturated rings. The molecule has 15 heavy (non-hydrogen) atoms. The molecule has 0 saturated carbocycles. The molecule has 1 N–H and O–H groups in total. The summed E-state index contributed by atoms with van der Waals surface area (Å²) >= 11 is 0. The molecule has 0 radical (unpaired) electrons. The summed E-state index contributed by atoms with van der Waals surface area (Å²) in [7, 11) is 0. The van der Waals surface area contributed by atoms with E-state index in [0.29, 0.717) is 19.3 Å². The van der Waals surface area contributed by atoms with E-state index in [1.807, 2.05) is 6.92 Å². The van der Waals surface area contributed by atoms with Crippen LogP contribution in [0.3, 0.4) is 0 Å². The Hall–Kier alpha value is -0.740. The number of halogens is 3. The standard InChI is InChI=1S/C10H17F3O2/c1-2-5-8(9(14)15)6-3-4-7-10(11,12)13/h8H,2-7H2,1H3,(H,14,15). The topological polar surface area (TPSA) is 37.3 Å². The van der Waals surface area contributed by atoms with Crippen LogP contribution in [-0.2, 0) is 4.79 Å². The summed E-state index contributed by atoms with van der Waals surface area (Å²) < 4.78 is 35.3. The van der Waals surface area contributed by atoms with Gasteiger partial charge in [0, 0.05) is 6.42 Å². The van der Waals surface area contributed by atoms with Crippen LogP contribution in [-0.4, -0.2) is 17.3 Å². The molecule has 5 heteroatoms. The smallest absolute Gasteiger partial charge is 0.389 e. The van der Waals surface area contributed by atoms with E-state index in [2.05, 4.69) is 0 Å². The van der Waals surface area contributed by atoms with Gasteiger partial charge in [-0.2, -0.15) is 13.2 Å². The van der Waals surface area contributed by atoms with Crippen LogP contribution in [0.25, 0.3) is 0 Å². The van der Waals surface area contributed by atoms with Gasteiger partial charge in [-0.1, -0.05) is 19.8 Å². The minimum absolute atomic E-state index is 0.0248. The van der Waals surface area contributed by atoms with Gasteiger partial charge in [0.1, 0.15) is 0 Å². The Morgan fingerprint density at radius 1 is 1.27 bits per heavy atom. The average Bonchev–Trinajstić information content (AvgIpc) is 2.08. The Kier molecular flexibility index (Phi) is 6.36. The zero-order valence-electron chi connectivity index (χ0n) is 8.81. The molecule has 0 bridgehead atoms. The van der Waals surface area contributed by atoms with Crippen molar-refractivity contribution in [3.05, 3.63) is 0 Å². The summed E-state index contributed by atoms with van der Waals surface area (Å²) in [4.78, 5) is 10.7. The first-order valence-electron chi connectivity index (χ1n) is 5.16. The number of carboxylic acid groups (broad SMARTS) is 1. The van der Waals surface area contributed by atoms with Crippen molar-refractivity contribution in [3.63, 3.8) is 0 Å². The summed E-state index contributed by atoms with van der Waals surface area (Å²) in [5.41, 5.74) is 0. The lowest BCUT2D eigenvalue weighted by molar-refractivity contribution is -0.142. The molecule has 0 spiro atoms. The Balaban J connectivity index is 3.67. The SMILES string of the molecule is CCCC(CCCCC(F)(F)F)C(=O)O. The first kappa shape index (κ1) is 14.3. The highest BCUT2D eigenvalue weighted by atomic mass is 19.4. The lowest BCUT2D eigenvalue weighted by atomic mass is 9.97. The van der Waals surface area contributed by atoms with Crippen LogP contribution in [0.2, 0.25) is 0 Å². The lowest BCUT2D eigenvalue weighted by Gasteiger charge is -2.11. The highest BCUT2D eigenvalue weighted by Crippen LogP contribution is 2.24. The summed E-state index contributed by atoms with van der Waals surface area (Å²) in [5, 5.41) is 8.74. The second-order valence-corrected chi connectivity index (χ2v) is 3.68. The van der Waals surface area contributed by atoms with Gasteiger partial charge in [0.2, 0.25) is 0 Å². The molecule has 0 aliphatic heterocycles. The van der Waals surface area contributed by atoms with Crippen LogP contribution in [0, 0.1) is 5.92 Å². The highest BCUT2D eigenvalue weighted by Gasteiger charge is 2.26. The van der Waals surface area contributed by atoms with Gasteiger partial charge >= 0.3 is 12.1 Å². The molecule has 2 nitrogen and oxygen atoms in total. The Morgan fingerprint density at radius 3 is 2.27 bits per heavy atom. The zero-order valence-corrected chi connectivity index (χ0v) is 8.81. The molecule has 0 amide bonds. The molecular formula is C10H17F3O2. The van der Waals surface area contributed by atoms with Crippen molar-refractivity contribution >= 4 is 5.97 Å². The number of hydrogen-bond donors (Lipinski definition) is 1. The van der Waals surface area contributed by atoms with Gasteiger partial charge in [0.15, 0.2) is 0 Å². The predicted octanol–water partition coefficient (Wildman–Crippen LogP) is 3.61. The van der Waals surface area contributed by atoms with Gasteiger partial charge in [-0.05, 0) is 19.3 Å². The van der Waals surface area contributed by atoms with Gasteiger partial charge in [0.05, 0.1) is 5.92 Å². The largest absolute Gasteiger partial charge is 0.481 e. The van der Waals surface area contributed by atoms with E-state index < -0.39 is 24.5 Å². The highest BCUT2D eigenvalue weighted by molar-refractivity contribution is 5.69. The van der Waals surface area contributed by atoms with Crippen LogP contribution >= 0.6 is 0 Å². The summed E-state index contributed by atoms with van der Waals surface area (Å²) in [6.07, 6.45) is -2.95. The Labute approximate surface area is 87.5 Å². The van der Waals surface area contributed by atoms with E-state index in [1.165, 1.54) is 0 Å². The molecule has 0 aromatic heterocycles. The van der Waals surface area contributed by atoms with Gasteiger partial charge < -0.3 is 5.11 Å². The molecular weight excluding hydrogens is 209 g/mol. The predicted molar refractivity (Wildman–Crippen MR) is 50.6 cm³/mol. The second-order valence-electron chi connectivity index (χ2n) is 3.68. The number of rotatable bonds is 7. The summed E-state index contributed by atoms with van der Waals surface area (Å²) in [6.45, 7) is 1.87. The quantitative estimate of drug-likeness (QED) is 0.673. The molecule has 0 aromatic rings. The number of unbranched alkanes of at least 4 members (excludes halogenated alkanes) is 1. The fourth-order valence-corrected chi connectivity index (χ4v) is 1.46. The Bertz CT molecular complexity index is 190. The third-order valence-electron chi connectivity index (χ3n) is 2.25. The van der Waals surface area contributed by atoms with Crippen molar-refractivity contribution in [2.45, 2.75) is 51.6 Å². The van der Waals surface area contributed by atoms with Gasteiger partial charge in [-0.3, -0.25) is 4.79 Å². The third kappa shape index (κ3) is 8.27. The maximum atomic E-state index is 11.8. The molecule has 1 atom stereocenters. The molecule has 1 unspecified atom stereocenters. The van der Waals surface area contributed by atoms with Crippen molar-refractivity contribution in [2.75, 3.05) is 0 Å². The van der Waals surface area contributed by atoms with E-state index in [1.54, 1.807) is 0 Å². The fourth-order valence-electron chi connectivity index (χ4n) is 1.46. The number of aliphatic carboxylic acids is 1. The van der Waals surface area contributed by atoms with Crippen LogP contribution in [0.5, 0.6) is 0 Å². The van der Waals surface area contributed by atoms with Crippen molar-refractivity contribution in [1.29, 1.82) is 0 Å². The van der Waals surface area contributed by atoms with Gasteiger partial charge in [-0.15, -0.1) is 0 Å². The maximum Gasteiger partial charge on any atom is 0.389 e. The molecule has 0 rings (SSSR count). The molecule has 0 heterocycles. The van der Waals surface area contributed by atoms with E-state index in [9.17, 15) is 18.0 Å². The van der Waals surface area contributed by atoms with Gasteiger partial charge in [-0.25, -0.2) is 0 Å². The van der Waals surface area contributed by atoms with Crippen LogP contribution in [0.4, 0.5) is 13.2 Å². The first-order chi connectivity index (χ1) is 6.87. The molecule has 90 valence electrons. The van der Waals surface area contributed by atoms with E-state index >= 15 is 0 Å². The summed E-state index contributed by atoms with van der Waals surface area (Å²) in [5.74, 6) is -1.38. The molecule has 0 aliphatic carbocycles. The summed E-state index contributed by atoms with van der Waals surface area (Å²) in [6, 6.07) is 0. The van der Waals surface area contributed by atoms with E-state index in [0.717, 1.165) is 6.42 Å². The van der Waals surface area contributed by atoms with Crippen LogP contribution in [0.15, 0.2) is 0 Å². The third-order valence-corrected chi connectivity index (χ3v) is 2.25. The number of carboxylic acids is 1. The monoisotopic (exact) mass is 226 g/mol. The molecule has 0 aliphatic rings. The average molecular weight is 226 g/mol. The van der Waals surface area contributed by atoms with Crippen molar-refractivity contribution in [1.82, 2.24) is 0 Å². The first-order valence-corrected chi connectivity index (χ1v) is 5.16. The normalized spacial score (nSPS) is 13.9. The minimum Gasteiger partial charge on any atom is -0.481 e. The molecule has 0 saturated heterocycles. The number of alkyl halides is 3. The Morgan fingerprint density at radius 2 is 1.87 bits per heavy atom. The van der Waals surface area contributed by atoms with Crippen molar-refractivity contribution in [3.8, 4) is 0 Å². The van der Waals surface area contributed by atoms with E-state index in [4.69, 9.17) is 5.11 Å². The van der Waals surface area contributed by atoms with E-state index in [-0.39, 0.29) is 6.42 Å². The van der Waals surface area contributed by atoms with Crippen molar-refractivity contribution in [2.24, 2.45) is 5.92 Å². The fraction of sp³-hybridized carbons (Fsp3) is 0.900. The number of hydrogen-bond acceptors (Lipinski definition) is 1. The van der Waals surface area contributed by atoms with Crippen molar-refractivity contribution < 1.29 is 23.1 Å². The second kappa shape index (κ2) is 6.69. The molecule has 0 aromatic carbocycles.